The van der Waals surface area contributed by atoms with Crippen molar-refractivity contribution >= 4 is 27.2 Å². The summed E-state index contributed by atoms with van der Waals surface area (Å²) < 4.78 is 9.86. The minimum atomic E-state index is -0.451. The number of aromatic nitrogens is 4. The van der Waals surface area contributed by atoms with E-state index in [2.05, 4.69) is 4.98 Å². The molecular weight excluding hydrogens is 488 g/mol. The van der Waals surface area contributed by atoms with Crippen LogP contribution in [0.4, 0.5) is 0 Å². The van der Waals surface area contributed by atoms with Crippen molar-refractivity contribution in [3.05, 3.63) is 102 Å². The van der Waals surface area contributed by atoms with Crippen LogP contribution in [-0.2, 0) is 19.4 Å². The van der Waals surface area contributed by atoms with E-state index in [1.165, 1.54) is 31.2 Å². The second kappa shape index (κ2) is 9.48. The highest BCUT2D eigenvalue weighted by atomic mass is 32.1. The van der Waals surface area contributed by atoms with Crippen LogP contribution in [0.3, 0.4) is 0 Å². The number of fused-ring (bicyclic) bond motifs is 4. The van der Waals surface area contributed by atoms with Crippen molar-refractivity contribution in [3.8, 4) is 11.4 Å². The summed E-state index contributed by atoms with van der Waals surface area (Å²) in [5, 5.41) is 0.605. The molecule has 0 radical (unpaired) electrons. The molecule has 9 heteroatoms. The fraction of sp³-hybridized carbons (Fsp3) is 0.286. The molecule has 0 bridgehead atoms. The fourth-order valence-corrected chi connectivity index (χ4v) is 6.49. The zero-order valence-corrected chi connectivity index (χ0v) is 21.3. The van der Waals surface area contributed by atoms with Gasteiger partial charge in [-0.2, -0.15) is 0 Å². The lowest BCUT2D eigenvalue weighted by atomic mass is 10.1. The molecule has 1 aliphatic carbocycles. The fourth-order valence-electron chi connectivity index (χ4n) is 5.12. The maximum atomic E-state index is 13.9. The van der Waals surface area contributed by atoms with Crippen molar-refractivity contribution in [1.82, 2.24) is 18.5 Å². The van der Waals surface area contributed by atoms with Gasteiger partial charge in [0, 0.05) is 17.1 Å². The van der Waals surface area contributed by atoms with Crippen molar-refractivity contribution in [1.29, 1.82) is 0 Å². The number of rotatable bonds is 5. The summed E-state index contributed by atoms with van der Waals surface area (Å²) in [7, 11) is 0. The summed E-state index contributed by atoms with van der Waals surface area (Å²) in [5.41, 5.74) is 1.55. The molecule has 37 heavy (non-hydrogen) atoms. The Bertz CT molecular complexity index is 1810. The Morgan fingerprint density at radius 1 is 1.00 bits per heavy atom. The number of thiophene rings is 1. The van der Waals surface area contributed by atoms with Crippen LogP contribution >= 0.6 is 11.3 Å². The first kappa shape index (κ1) is 23.4. The van der Waals surface area contributed by atoms with Crippen molar-refractivity contribution in [2.75, 3.05) is 6.61 Å². The topological polar surface area (TPSA) is 87.6 Å². The summed E-state index contributed by atoms with van der Waals surface area (Å²) in [6.07, 6.45) is 6.61. The van der Waals surface area contributed by atoms with Gasteiger partial charge in [0.05, 0.1) is 29.9 Å². The number of hydrogen-bond acceptors (Lipinski definition) is 6. The van der Waals surface area contributed by atoms with Crippen LogP contribution in [0.1, 0.15) is 42.3 Å². The van der Waals surface area contributed by atoms with Crippen LogP contribution in [0.2, 0.25) is 0 Å². The van der Waals surface area contributed by atoms with Crippen LogP contribution < -0.4 is 21.5 Å². The molecule has 0 N–H and O–H groups in total. The van der Waals surface area contributed by atoms with Crippen LogP contribution in [-0.4, -0.2) is 25.1 Å². The Hall–Kier alpha value is -3.98. The third-order valence-corrected chi connectivity index (χ3v) is 8.15. The Kier molecular flexibility index (Phi) is 6.00. The molecule has 1 aliphatic rings. The standard InChI is InChI=1S/C28H26N4O4S/c1-2-36-20-13-11-19(12-14-20)32-26(34)25-21-8-4-3-5-9-22(21)37-27(25)31(28(32)35)17-18-16-24(33)30-15-7-6-10-23(30)29-18/h6-7,10-16H,2-5,8-9,17H2,1H3. The lowest BCUT2D eigenvalue weighted by Gasteiger charge is -2.13. The number of aryl methyl sites for hydroxylation is 2. The number of hydrogen-bond donors (Lipinski definition) is 0. The minimum Gasteiger partial charge on any atom is -0.494 e. The second-order valence-electron chi connectivity index (χ2n) is 9.20. The zero-order chi connectivity index (χ0) is 25.5. The molecule has 4 heterocycles. The maximum Gasteiger partial charge on any atom is 0.337 e. The number of nitrogens with zero attached hydrogens (tertiary/aromatic N) is 4. The van der Waals surface area contributed by atoms with E-state index in [4.69, 9.17) is 4.74 Å². The molecule has 5 aromatic rings. The van der Waals surface area contributed by atoms with Gasteiger partial charge in [0.15, 0.2) is 0 Å². The van der Waals surface area contributed by atoms with Crippen LogP contribution in [0, 0.1) is 0 Å². The molecule has 8 nitrogen and oxygen atoms in total. The molecule has 0 saturated carbocycles. The van der Waals surface area contributed by atoms with Gasteiger partial charge in [0.2, 0.25) is 0 Å². The Labute approximate surface area is 216 Å². The SMILES string of the molecule is CCOc1ccc(-n2c(=O)c3c4c(sc3n(Cc3cc(=O)n5ccccc5n3)c2=O)CCCCC4)cc1. The van der Waals surface area contributed by atoms with Gasteiger partial charge in [-0.15, -0.1) is 11.3 Å². The first-order valence-corrected chi connectivity index (χ1v) is 13.4. The molecule has 0 aliphatic heterocycles. The van der Waals surface area contributed by atoms with E-state index < -0.39 is 5.69 Å². The second-order valence-corrected chi connectivity index (χ2v) is 10.3. The van der Waals surface area contributed by atoms with E-state index in [1.807, 2.05) is 13.0 Å². The first-order chi connectivity index (χ1) is 18.0. The predicted octanol–water partition coefficient (Wildman–Crippen LogP) is 3.94. The molecule has 0 saturated heterocycles. The normalized spacial score (nSPS) is 13.5. The van der Waals surface area contributed by atoms with E-state index in [0.717, 1.165) is 37.7 Å². The van der Waals surface area contributed by atoms with Crippen molar-refractivity contribution < 1.29 is 4.74 Å². The Morgan fingerprint density at radius 2 is 1.81 bits per heavy atom. The minimum absolute atomic E-state index is 0.0900. The molecule has 0 atom stereocenters. The lowest BCUT2D eigenvalue weighted by Crippen LogP contribution is -2.39. The Balaban J connectivity index is 1.60. The summed E-state index contributed by atoms with van der Waals surface area (Å²) in [6, 6.07) is 13.8. The molecule has 0 unspecified atom stereocenters. The quantitative estimate of drug-likeness (QED) is 0.332. The molecule has 6 rings (SSSR count). The van der Waals surface area contributed by atoms with Crippen LogP contribution in [0.25, 0.3) is 21.6 Å². The van der Waals surface area contributed by atoms with Crippen molar-refractivity contribution in [2.45, 2.75) is 45.6 Å². The van der Waals surface area contributed by atoms with Crippen LogP contribution in [0.5, 0.6) is 5.75 Å². The molecule has 1 aromatic carbocycles. The van der Waals surface area contributed by atoms with E-state index in [1.54, 1.807) is 47.2 Å². The Morgan fingerprint density at radius 3 is 2.62 bits per heavy atom. The van der Waals surface area contributed by atoms with Gasteiger partial charge in [-0.3, -0.25) is 18.6 Å². The van der Waals surface area contributed by atoms with Gasteiger partial charge >= 0.3 is 5.69 Å². The monoisotopic (exact) mass is 514 g/mol. The third-order valence-electron chi connectivity index (χ3n) is 6.84. The van der Waals surface area contributed by atoms with Crippen molar-refractivity contribution in [3.63, 3.8) is 0 Å². The molecule has 188 valence electrons. The number of pyridine rings is 1. The third kappa shape index (κ3) is 4.09. The summed E-state index contributed by atoms with van der Waals surface area (Å²) in [5.74, 6) is 0.672. The zero-order valence-electron chi connectivity index (χ0n) is 20.5. The maximum absolute atomic E-state index is 13.9. The van der Waals surface area contributed by atoms with Crippen molar-refractivity contribution in [2.24, 2.45) is 0 Å². The van der Waals surface area contributed by atoms with Gasteiger partial charge in [0.25, 0.3) is 11.1 Å². The van der Waals surface area contributed by atoms with E-state index >= 15 is 0 Å². The average molecular weight is 515 g/mol. The lowest BCUT2D eigenvalue weighted by molar-refractivity contribution is 0.340. The smallest absolute Gasteiger partial charge is 0.337 e. The van der Waals surface area contributed by atoms with Gasteiger partial charge in [-0.1, -0.05) is 12.5 Å². The van der Waals surface area contributed by atoms with Gasteiger partial charge in [-0.05, 0) is 74.6 Å². The van der Waals surface area contributed by atoms with Gasteiger partial charge in [-0.25, -0.2) is 14.3 Å². The number of ether oxygens (including phenoxy) is 1. The average Bonchev–Trinajstić information content (AvgIpc) is 3.10. The molecule has 4 aromatic heterocycles. The van der Waals surface area contributed by atoms with Gasteiger partial charge in [0.1, 0.15) is 16.2 Å². The molecule has 0 spiro atoms. The highest BCUT2D eigenvalue weighted by molar-refractivity contribution is 7.18. The number of benzene rings is 1. The molecular formula is C28H26N4O4S. The predicted molar refractivity (Wildman–Crippen MR) is 145 cm³/mol. The summed E-state index contributed by atoms with van der Waals surface area (Å²) in [6.45, 7) is 2.52. The van der Waals surface area contributed by atoms with Gasteiger partial charge < -0.3 is 4.74 Å². The highest BCUT2D eigenvalue weighted by Gasteiger charge is 2.24. The summed E-state index contributed by atoms with van der Waals surface area (Å²) in [4.78, 5) is 47.0. The van der Waals surface area contributed by atoms with Crippen LogP contribution in [0.15, 0.2) is 69.1 Å². The summed E-state index contributed by atoms with van der Waals surface area (Å²) >= 11 is 1.53. The van der Waals surface area contributed by atoms with E-state index in [0.29, 0.717) is 39.6 Å². The molecule has 0 amide bonds. The largest absolute Gasteiger partial charge is 0.494 e. The highest BCUT2D eigenvalue weighted by Crippen LogP contribution is 2.34. The molecule has 0 fully saturated rings. The van der Waals surface area contributed by atoms with E-state index in [9.17, 15) is 14.4 Å². The first-order valence-electron chi connectivity index (χ1n) is 12.6. The van der Waals surface area contributed by atoms with E-state index in [-0.39, 0.29) is 17.7 Å².